The highest BCUT2D eigenvalue weighted by molar-refractivity contribution is 7.84. The van der Waals surface area contributed by atoms with Crippen molar-refractivity contribution < 1.29 is 8.95 Å². The molecular formula is C15H17NO2S. The third-order valence-corrected chi connectivity index (χ3v) is 4.08. The summed E-state index contributed by atoms with van der Waals surface area (Å²) in [5.74, 6) is 1.86. The first kappa shape index (κ1) is 13.7. The molecule has 100 valence electrons. The second kappa shape index (κ2) is 5.97. The van der Waals surface area contributed by atoms with Crippen molar-refractivity contribution in [1.82, 2.24) is 4.98 Å². The molecule has 0 spiro atoms. The molecule has 3 nitrogen and oxygen atoms in total. The maximum absolute atomic E-state index is 12.2. The molecule has 1 unspecified atom stereocenters. The Kier molecular flexibility index (Phi) is 4.32. The molecule has 0 amide bonds. The first-order chi connectivity index (χ1) is 9.24. The zero-order chi connectivity index (χ0) is 13.8. The Morgan fingerprint density at radius 2 is 1.95 bits per heavy atom. The zero-order valence-corrected chi connectivity index (χ0v) is 12.2. The van der Waals surface area contributed by atoms with Gasteiger partial charge in [-0.2, -0.15) is 0 Å². The summed E-state index contributed by atoms with van der Waals surface area (Å²) in [4.78, 5) is 4.91. The van der Waals surface area contributed by atoms with Gasteiger partial charge in [0, 0.05) is 11.3 Å². The van der Waals surface area contributed by atoms with Crippen LogP contribution in [0.2, 0.25) is 0 Å². The van der Waals surface area contributed by atoms with E-state index in [2.05, 4.69) is 4.98 Å². The van der Waals surface area contributed by atoms with Crippen molar-refractivity contribution in [1.29, 1.82) is 0 Å². The number of hydrogen-bond acceptors (Lipinski definition) is 3. The summed E-state index contributed by atoms with van der Waals surface area (Å²) in [5.41, 5.74) is 1.83. The van der Waals surface area contributed by atoms with Gasteiger partial charge in [0.2, 0.25) is 0 Å². The smallest absolute Gasteiger partial charge is 0.161 e. The van der Waals surface area contributed by atoms with Crippen LogP contribution < -0.4 is 4.74 Å². The molecule has 19 heavy (non-hydrogen) atoms. The number of pyridine rings is 1. The average molecular weight is 275 g/mol. The molecule has 1 aromatic carbocycles. The molecule has 0 saturated carbocycles. The molecular weight excluding hydrogens is 258 g/mol. The van der Waals surface area contributed by atoms with Crippen LogP contribution >= 0.6 is 0 Å². The van der Waals surface area contributed by atoms with Crippen LogP contribution in [0.4, 0.5) is 0 Å². The lowest BCUT2D eigenvalue weighted by molar-refractivity contribution is 0.466. The Morgan fingerprint density at radius 3 is 2.74 bits per heavy atom. The zero-order valence-electron chi connectivity index (χ0n) is 11.3. The molecule has 0 radical (unpaired) electrons. The average Bonchev–Trinajstić information content (AvgIpc) is 2.58. The molecule has 0 saturated heterocycles. The van der Waals surface area contributed by atoms with Crippen LogP contribution in [-0.2, 0) is 16.6 Å². The Bertz CT molecular complexity index is 611. The van der Waals surface area contributed by atoms with Gasteiger partial charge in [0.05, 0.1) is 27.6 Å². The number of rotatable bonds is 0. The van der Waals surface area contributed by atoms with Crippen molar-refractivity contribution in [2.75, 3.05) is 0 Å². The molecule has 0 fully saturated rings. The van der Waals surface area contributed by atoms with Gasteiger partial charge in [-0.3, -0.25) is 9.19 Å². The van der Waals surface area contributed by atoms with E-state index in [4.69, 9.17) is 4.74 Å². The predicted molar refractivity (Wildman–Crippen MR) is 77.0 cm³/mol. The predicted octanol–water partition coefficient (Wildman–Crippen LogP) is 3.83. The van der Waals surface area contributed by atoms with Crippen molar-refractivity contribution in [2.24, 2.45) is 0 Å². The van der Waals surface area contributed by atoms with Crippen molar-refractivity contribution in [2.45, 2.75) is 31.4 Å². The second-order valence-corrected chi connectivity index (χ2v) is 5.39. The van der Waals surface area contributed by atoms with Gasteiger partial charge in [-0.1, -0.05) is 32.0 Å². The molecule has 3 rings (SSSR count). The van der Waals surface area contributed by atoms with Crippen LogP contribution in [0.15, 0.2) is 41.4 Å². The number of aryl methyl sites for hydroxylation is 1. The lowest BCUT2D eigenvalue weighted by Crippen LogP contribution is -1.95. The third-order valence-electron chi connectivity index (χ3n) is 2.69. The largest absolute Gasteiger partial charge is 0.454 e. The third kappa shape index (κ3) is 2.84. The summed E-state index contributed by atoms with van der Waals surface area (Å²) in [6.07, 6.45) is 1.64. The van der Waals surface area contributed by atoms with Crippen LogP contribution in [0.1, 0.15) is 25.1 Å². The van der Waals surface area contributed by atoms with Crippen LogP contribution in [0, 0.1) is 6.92 Å². The molecule has 1 aliphatic rings. The minimum atomic E-state index is -1.07. The highest BCUT2D eigenvalue weighted by Crippen LogP contribution is 2.35. The number of para-hydroxylation sites is 1. The number of hydrogen-bond donors (Lipinski definition) is 0. The fourth-order valence-electron chi connectivity index (χ4n) is 1.84. The maximum Gasteiger partial charge on any atom is 0.161 e. The van der Waals surface area contributed by atoms with Gasteiger partial charge in [0.25, 0.3) is 0 Å². The summed E-state index contributed by atoms with van der Waals surface area (Å²) >= 11 is 0. The topological polar surface area (TPSA) is 39.2 Å². The first-order valence-corrected chi connectivity index (χ1v) is 7.67. The standard InChI is InChI=1S/C13H11NO2S.C2H6/c1-9-6-13-12(7-14-9)16-11-5-3-2-4-10(11)8-17(13)15;1-2/h2-7H,8H2,1H3;1-2H3. The van der Waals surface area contributed by atoms with Crippen LogP contribution in [0.25, 0.3) is 0 Å². The number of nitrogens with zero attached hydrogens (tertiary/aromatic N) is 1. The van der Waals surface area contributed by atoms with Crippen molar-refractivity contribution in [3.63, 3.8) is 0 Å². The highest BCUT2D eigenvalue weighted by Gasteiger charge is 2.20. The van der Waals surface area contributed by atoms with E-state index in [1.807, 2.05) is 51.1 Å². The SMILES string of the molecule is CC.Cc1cc2c(cn1)Oc1ccccc1CS2=O. The second-order valence-electron chi connectivity index (χ2n) is 3.97. The fraction of sp³-hybridized carbons (Fsp3) is 0.267. The number of fused-ring (bicyclic) bond motifs is 2. The normalized spacial score (nSPS) is 16.1. The quantitative estimate of drug-likeness (QED) is 0.733. The van der Waals surface area contributed by atoms with E-state index in [9.17, 15) is 4.21 Å². The lowest BCUT2D eigenvalue weighted by atomic mass is 10.2. The van der Waals surface area contributed by atoms with Crippen molar-refractivity contribution in [3.8, 4) is 11.5 Å². The van der Waals surface area contributed by atoms with E-state index in [1.54, 1.807) is 6.20 Å². The summed E-state index contributed by atoms with van der Waals surface area (Å²) < 4.78 is 18.0. The van der Waals surface area contributed by atoms with Crippen LogP contribution in [0.3, 0.4) is 0 Å². The van der Waals surface area contributed by atoms with Gasteiger partial charge < -0.3 is 4.74 Å². The molecule has 4 heteroatoms. The van der Waals surface area contributed by atoms with E-state index in [1.165, 1.54) is 0 Å². The monoisotopic (exact) mass is 275 g/mol. The van der Waals surface area contributed by atoms with Crippen molar-refractivity contribution >= 4 is 10.8 Å². The highest BCUT2D eigenvalue weighted by atomic mass is 32.2. The van der Waals surface area contributed by atoms with E-state index >= 15 is 0 Å². The minimum absolute atomic E-state index is 0.493. The van der Waals surface area contributed by atoms with Gasteiger partial charge in [0.15, 0.2) is 5.75 Å². The molecule has 2 aromatic rings. The Balaban J connectivity index is 0.000000637. The van der Waals surface area contributed by atoms with E-state index in [-0.39, 0.29) is 0 Å². The van der Waals surface area contributed by atoms with Gasteiger partial charge in [-0.25, -0.2) is 0 Å². The molecule has 1 aliphatic heterocycles. The number of benzene rings is 1. The molecule has 2 heterocycles. The van der Waals surface area contributed by atoms with E-state index < -0.39 is 10.8 Å². The van der Waals surface area contributed by atoms with Gasteiger partial charge in [-0.05, 0) is 19.1 Å². The van der Waals surface area contributed by atoms with E-state index in [0.717, 1.165) is 21.9 Å². The number of ether oxygens (including phenoxy) is 1. The van der Waals surface area contributed by atoms with Gasteiger partial charge >= 0.3 is 0 Å². The van der Waals surface area contributed by atoms with Crippen LogP contribution in [0.5, 0.6) is 11.5 Å². The minimum Gasteiger partial charge on any atom is -0.454 e. The van der Waals surface area contributed by atoms with Gasteiger partial charge in [-0.15, -0.1) is 0 Å². The molecule has 0 bridgehead atoms. The molecule has 0 N–H and O–H groups in total. The summed E-state index contributed by atoms with van der Waals surface area (Å²) in [5, 5.41) is 0. The molecule has 1 atom stereocenters. The molecule has 0 aliphatic carbocycles. The van der Waals surface area contributed by atoms with Crippen LogP contribution in [-0.4, -0.2) is 9.19 Å². The summed E-state index contributed by atoms with van der Waals surface area (Å²) in [6.45, 7) is 5.88. The Labute approximate surface area is 116 Å². The Hall–Kier alpha value is -1.68. The maximum atomic E-state index is 12.2. The Morgan fingerprint density at radius 1 is 1.21 bits per heavy atom. The molecule has 1 aromatic heterocycles. The van der Waals surface area contributed by atoms with E-state index in [0.29, 0.717) is 11.5 Å². The summed E-state index contributed by atoms with van der Waals surface area (Å²) in [7, 11) is -1.07. The van der Waals surface area contributed by atoms with Gasteiger partial charge in [0.1, 0.15) is 5.75 Å². The van der Waals surface area contributed by atoms with Crippen molar-refractivity contribution in [3.05, 3.63) is 47.8 Å². The first-order valence-electron chi connectivity index (χ1n) is 6.35. The number of aromatic nitrogens is 1. The fourth-order valence-corrected chi connectivity index (χ4v) is 3.13. The summed E-state index contributed by atoms with van der Waals surface area (Å²) in [6, 6.07) is 9.51. The lowest BCUT2D eigenvalue weighted by Gasteiger charge is -2.07.